The van der Waals surface area contributed by atoms with Gasteiger partial charge in [0, 0.05) is 25.7 Å². The van der Waals surface area contributed by atoms with E-state index in [1.54, 1.807) is 12.4 Å². The number of hydrogen-bond donors (Lipinski definition) is 4. The normalized spacial score (nSPS) is 11.1. The monoisotopic (exact) mass is 522 g/mol. The minimum Gasteiger partial charge on any atom is -0.481 e. The highest BCUT2D eigenvalue weighted by atomic mass is 16.4. The standard InChI is InChI=1S/C28H34N4O6/c33-25(7-3-1-5-9-27(35)36)31-29-19-21-11-15-23(16-12-21)24-17-13-22(14-18-24)20-30-32-26(34)8-4-2-6-10-28(37)38/h11-20H,1-10H2,(H,31,33)(H,32,34)(H,35,36)(H,37,38)/b29-19+,30-20+. The second-order valence-electron chi connectivity index (χ2n) is 8.74. The van der Waals surface area contributed by atoms with E-state index in [-0.39, 0.29) is 24.7 Å². The first kappa shape index (κ1) is 29.9. The largest absolute Gasteiger partial charge is 0.481 e. The number of carbonyl (C=O) groups excluding carboxylic acids is 2. The van der Waals surface area contributed by atoms with Gasteiger partial charge < -0.3 is 10.2 Å². The summed E-state index contributed by atoms with van der Waals surface area (Å²) in [6.45, 7) is 0. The van der Waals surface area contributed by atoms with E-state index in [2.05, 4.69) is 21.1 Å². The number of rotatable bonds is 17. The Hall–Kier alpha value is -4.34. The molecule has 10 heteroatoms. The minimum absolute atomic E-state index is 0.120. The Bertz CT molecular complexity index is 1020. The molecule has 202 valence electrons. The molecule has 0 bridgehead atoms. The second-order valence-corrected chi connectivity index (χ2v) is 8.74. The summed E-state index contributed by atoms with van der Waals surface area (Å²) in [7, 11) is 0. The van der Waals surface area contributed by atoms with Crippen LogP contribution >= 0.6 is 0 Å². The Morgan fingerprint density at radius 3 is 1.24 bits per heavy atom. The summed E-state index contributed by atoms with van der Waals surface area (Å²) in [5.74, 6) is -2.06. The van der Waals surface area contributed by atoms with Crippen LogP contribution in [0.15, 0.2) is 58.7 Å². The Labute approximate surface area is 221 Å². The van der Waals surface area contributed by atoms with E-state index >= 15 is 0 Å². The zero-order chi connectivity index (χ0) is 27.6. The maximum Gasteiger partial charge on any atom is 0.303 e. The van der Waals surface area contributed by atoms with Gasteiger partial charge in [0.2, 0.25) is 11.8 Å². The predicted octanol–water partition coefficient (Wildman–Crippen LogP) is 4.32. The number of carboxylic acid groups (broad SMARTS) is 2. The van der Waals surface area contributed by atoms with Gasteiger partial charge in [0.15, 0.2) is 0 Å². The Morgan fingerprint density at radius 2 is 0.895 bits per heavy atom. The summed E-state index contributed by atoms with van der Waals surface area (Å²) in [4.78, 5) is 44.5. The van der Waals surface area contributed by atoms with Crippen molar-refractivity contribution in [1.82, 2.24) is 10.9 Å². The third kappa shape index (κ3) is 13.1. The third-order valence-electron chi connectivity index (χ3n) is 5.55. The third-order valence-corrected chi connectivity index (χ3v) is 5.55. The van der Waals surface area contributed by atoms with Gasteiger partial charge >= 0.3 is 11.9 Å². The van der Waals surface area contributed by atoms with Crippen LogP contribution in [-0.2, 0) is 19.2 Å². The molecule has 0 spiro atoms. The average Bonchev–Trinajstić information content (AvgIpc) is 2.89. The van der Waals surface area contributed by atoms with Crippen molar-refractivity contribution in [3.8, 4) is 11.1 Å². The van der Waals surface area contributed by atoms with Crippen LogP contribution in [0.5, 0.6) is 0 Å². The van der Waals surface area contributed by atoms with Crippen molar-refractivity contribution in [3.63, 3.8) is 0 Å². The fourth-order valence-corrected chi connectivity index (χ4v) is 3.47. The smallest absolute Gasteiger partial charge is 0.303 e. The van der Waals surface area contributed by atoms with Crippen molar-refractivity contribution < 1.29 is 29.4 Å². The lowest BCUT2D eigenvalue weighted by Crippen LogP contribution is -2.16. The number of nitrogens with one attached hydrogen (secondary N) is 2. The van der Waals surface area contributed by atoms with E-state index < -0.39 is 11.9 Å². The van der Waals surface area contributed by atoms with Crippen molar-refractivity contribution in [1.29, 1.82) is 0 Å². The number of unbranched alkanes of at least 4 members (excludes halogenated alkanes) is 4. The fraction of sp³-hybridized carbons (Fsp3) is 0.357. The van der Waals surface area contributed by atoms with Gasteiger partial charge in [0.05, 0.1) is 12.4 Å². The molecule has 0 atom stereocenters. The molecular weight excluding hydrogens is 488 g/mol. The highest BCUT2D eigenvalue weighted by Gasteiger charge is 2.03. The molecule has 0 saturated heterocycles. The maximum atomic E-state index is 11.8. The minimum atomic E-state index is -0.824. The van der Waals surface area contributed by atoms with E-state index in [1.165, 1.54) is 0 Å². The topological polar surface area (TPSA) is 158 Å². The van der Waals surface area contributed by atoms with Crippen molar-refractivity contribution in [2.24, 2.45) is 10.2 Å². The molecule has 0 saturated carbocycles. The number of carboxylic acids is 2. The first-order chi connectivity index (χ1) is 18.3. The first-order valence-electron chi connectivity index (χ1n) is 12.6. The molecule has 0 aliphatic heterocycles. The lowest BCUT2D eigenvalue weighted by molar-refractivity contribution is -0.138. The number of benzene rings is 2. The van der Waals surface area contributed by atoms with Crippen LogP contribution in [0.2, 0.25) is 0 Å². The Balaban J connectivity index is 1.72. The molecule has 0 aromatic heterocycles. The van der Waals surface area contributed by atoms with Crippen molar-refractivity contribution in [2.45, 2.75) is 64.2 Å². The molecule has 0 fully saturated rings. The molecule has 2 aromatic rings. The van der Waals surface area contributed by atoms with Crippen LogP contribution in [0.1, 0.15) is 75.3 Å². The number of amides is 2. The SMILES string of the molecule is O=C(O)CCCCCC(=O)N/N=C/c1ccc(-c2ccc(/C=N/NC(=O)CCCCCC(=O)O)cc2)cc1. The van der Waals surface area contributed by atoms with Crippen LogP contribution in [0, 0.1) is 0 Å². The molecular formula is C28H34N4O6. The van der Waals surface area contributed by atoms with E-state index in [0.717, 1.165) is 22.3 Å². The van der Waals surface area contributed by atoms with Gasteiger partial charge in [-0.1, -0.05) is 61.4 Å². The van der Waals surface area contributed by atoms with Crippen LogP contribution < -0.4 is 10.9 Å². The van der Waals surface area contributed by atoms with Crippen molar-refractivity contribution in [3.05, 3.63) is 59.7 Å². The molecule has 2 aromatic carbocycles. The highest BCUT2D eigenvalue weighted by molar-refractivity contribution is 5.85. The van der Waals surface area contributed by atoms with Gasteiger partial charge in [-0.3, -0.25) is 19.2 Å². The molecule has 0 aliphatic rings. The number of hydrogen-bond acceptors (Lipinski definition) is 6. The van der Waals surface area contributed by atoms with E-state index in [9.17, 15) is 19.2 Å². The number of hydrazone groups is 2. The van der Waals surface area contributed by atoms with Crippen molar-refractivity contribution in [2.75, 3.05) is 0 Å². The average molecular weight is 523 g/mol. The molecule has 38 heavy (non-hydrogen) atoms. The lowest BCUT2D eigenvalue weighted by atomic mass is 10.0. The molecule has 10 nitrogen and oxygen atoms in total. The van der Waals surface area contributed by atoms with Crippen LogP contribution in [0.4, 0.5) is 0 Å². The van der Waals surface area contributed by atoms with Crippen LogP contribution in [-0.4, -0.2) is 46.4 Å². The van der Waals surface area contributed by atoms with E-state index in [4.69, 9.17) is 10.2 Å². The molecule has 0 radical (unpaired) electrons. The van der Waals surface area contributed by atoms with Gasteiger partial charge in [-0.15, -0.1) is 0 Å². The lowest BCUT2D eigenvalue weighted by Gasteiger charge is -2.04. The first-order valence-corrected chi connectivity index (χ1v) is 12.6. The van der Waals surface area contributed by atoms with Gasteiger partial charge in [-0.25, -0.2) is 10.9 Å². The molecule has 0 heterocycles. The van der Waals surface area contributed by atoms with Gasteiger partial charge in [0.1, 0.15) is 0 Å². The summed E-state index contributed by atoms with van der Waals surface area (Å²) >= 11 is 0. The Kier molecular flexibility index (Phi) is 13.5. The fourth-order valence-electron chi connectivity index (χ4n) is 3.47. The molecule has 0 aliphatic carbocycles. The number of aliphatic carboxylic acids is 2. The van der Waals surface area contributed by atoms with Crippen LogP contribution in [0.25, 0.3) is 11.1 Å². The number of carbonyl (C=O) groups is 4. The zero-order valence-corrected chi connectivity index (χ0v) is 21.3. The summed E-state index contributed by atoms with van der Waals surface area (Å²) in [5.41, 5.74) is 8.64. The summed E-state index contributed by atoms with van der Waals surface area (Å²) in [6.07, 6.45) is 7.73. The predicted molar refractivity (Wildman–Crippen MR) is 145 cm³/mol. The summed E-state index contributed by atoms with van der Waals surface area (Å²) in [5, 5.41) is 25.1. The van der Waals surface area contributed by atoms with Crippen molar-refractivity contribution >= 4 is 36.2 Å². The number of nitrogens with zero attached hydrogens (tertiary/aromatic N) is 2. The Morgan fingerprint density at radius 1 is 0.553 bits per heavy atom. The summed E-state index contributed by atoms with van der Waals surface area (Å²) in [6, 6.07) is 15.4. The second kappa shape index (κ2) is 17.2. The highest BCUT2D eigenvalue weighted by Crippen LogP contribution is 2.19. The molecule has 2 amide bonds. The van der Waals surface area contributed by atoms with Gasteiger partial charge in [-0.2, -0.15) is 10.2 Å². The van der Waals surface area contributed by atoms with Gasteiger partial charge in [0.25, 0.3) is 0 Å². The van der Waals surface area contributed by atoms with E-state index in [1.807, 2.05) is 48.5 Å². The van der Waals surface area contributed by atoms with Crippen LogP contribution in [0.3, 0.4) is 0 Å². The zero-order valence-electron chi connectivity index (χ0n) is 21.3. The van der Waals surface area contributed by atoms with Gasteiger partial charge in [-0.05, 0) is 47.9 Å². The quantitative estimate of drug-likeness (QED) is 0.138. The van der Waals surface area contributed by atoms with E-state index in [0.29, 0.717) is 51.4 Å². The molecule has 0 unspecified atom stereocenters. The molecule has 2 rings (SSSR count). The maximum absolute atomic E-state index is 11.8. The summed E-state index contributed by atoms with van der Waals surface area (Å²) < 4.78 is 0. The molecule has 4 N–H and O–H groups in total.